The van der Waals surface area contributed by atoms with Gasteiger partial charge in [-0.1, -0.05) is 0 Å². The molecule has 1 saturated heterocycles. The minimum absolute atomic E-state index is 0.0631. The summed E-state index contributed by atoms with van der Waals surface area (Å²) in [5, 5.41) is 2.63. The summed E-state index contributed by atoms with van der Waals surface area (Å²) in [6, 6.07) is 3.34. The van der Waals surface area contributed by atoms with E-state index in [1.807, 2.05) is 19.1 Å². The molecule has 0 spiro atoms. The minimum atomic E-state index is -3.26. The lowest BCUT2D eigenvalue weighted by molar-refractivity contribution is 0.203. The van der Waals surface area contributed by atoms with Crippen molar-refractivity contribution in [3.8, 4) is 0 Å². The second kappa shape index (κ2) is 7.15. The zero-order valence-electron chi connectivity index (χ0n) is 13.0. The molecule has 1 aromatic heterocycles. The summed E-state index contributed by atoms with van der Waals surface area (Å²) < 4.78 is 30.9. The Kier molecular flexibility index (Phi) is 5.47. The monoisotopic (exact) mass is 329 g/mol. The largest absolute Gasteiger partial charge is 0.464 e. The lowest BCUT2D eigenvalue weighted by Crippen LogP contribution is -2.41. The maximum Gasteiger partial charge on any atom is 0.317 e. The van der Waals surface area contributed by atoms with Gasteiger partial charge in [-0.2, -0.15) is 0 Å². The predicted octanol–water partition coefficient (Wildman–Crippen LogP) is 1.16. The predicted molar refractivity (Wildman–Crippen MR) is 82.9 cm³/mol. The van der Waals surface area contributed by atoms with Crippen molar-refractivity contribution < 1.29 is 17.6 Å². The van der Waals surface area contributed by atoms with Gasteiger partial charge in [0.05, 0.1) is 12.3 Å². The van der Waals surface area contributed by atoms with E-state index in [-0.39, 0.29) is 18.3 Å². The van der Waals surface area contributed by atoms with Gasteiger partial charge >= 0.3 is 6.03 Å². The van der Waals surface area contributed by atoms with Crippen LogP contribution in [0.5, 0.6) is 0 Å². The Morgan fingerprint density at radius 2 is 2.05 bits per heavy atom. The maximum atomic E-state index is 12.0. The van der Waals surface area contributed by atoms with E-state index < -0.39 is 10.0 Å². The summed E-state index contributed by atoms with van der Waals surface area (Å²) >= 11 is 0. The highest BCUT2D eigenvalue weighted by molar-refractivity contribution is 7.89. The fourth-order valence-electron chi connectivity index (χ4n) is 2.39. The van der Waals surface area contributed by atoms with Gasteiger partial charge in [0.2, 0.25) is 10.0 Å². The number of carbonyl (C=O) groups excluding carboxylic acids is 1. The van der Waals surface area contributed by atoms with E-state index >= 15 is 0 Å². The molecular weight excluding hydrogens is 306 g/mol. The van der Waals surface area contributed by atoms with Crippen LogP contribution < -0.4 is 5.32 Å². The van der Waals surface area contributed by atoms with Crippen LogP contribution in [0, 0.1) is 6.92 Å². The van der Waals surface area contributed by atoms with Gasteiger partial charge < -0.3 is 14.6 Å². The molecule has 124 valence electrons. The van der Waals surface area contributed by atoms with Crippen LogP contribution in [0.2, 0.25) is 0 Å². The Bertz CT molecular complexity index is 605. The standard InChI is InChI=1S/C14H23N3O4S/c1-12-5-6-13(21-12)11-16(2)14(18)15-7-10-22(19,20)17-8-3-4-9-17/h5-6H,3-4,7-11H2,1-2H3,(H,15,18). The highest BCUT2D eigenvalue weighted by Crippen LogP contribution is 2.12. The lowest BCUT2D eigenvalue weighted by Gasteiger charge is -2.18. The van der Waals surface area contributed by atoms with Gasteiger partial charge in [0, 0.05) is 26.7 Å². The fourth-order valence-corrected chi connectivity index (χ4v) is 3.83. The third-order valence-electron chi connectivity index (χ3n) is 3.63. The van der Waals surface area contributed by atoms with Crippen molar-refractivity contribution in [1.82, 2.24) is 14.5 Å². The van der Waals surface area contributed by atoms with Crippen LogP contribution >= 0.6 is 0 Å². The smallest absolute Gasteiger partial charge is 0.317 e. The first-order valence-corrected chi connectivity index (χ1v) is 9.01. The van der Waals surface area contributed by atoms with E-state index in [2.05, 4.69) is 5.32 Å². The molecule has 0 atom stereocenters. The maximum absolute atomic E-state index is 12.0. The quantitative estimate of drug-likeness (QED) is 0.849. The number of furan rings is 1. The van der Waals surface area contributed by atoms with Gasteiger partial charge in [-0.3, -0.25) is 0 Å². The normalized spacial score (nSPS) is 15.9. The number of carbonyl (C=O) groups is 1. The van der Waals surface area contributed by atoms with Gasteiger partial charge in [-0.05, 0) is 31.9 Å². The summed E-state index contributed by atoms with van der Waals surface area (Å²) in [6.07, 6.45) is 1.83. The van der Waals surface area contributed by atoms with Crippen LogP contribution in [0.1, 0.15) is 24.4 Å². The van der Waals surface area contributed by atoms with Crippen LogP contribution in [0.3, 0.4) is 0 Å². The van der Waals surface area contributed by atoms with Crippen LogP contribution in [0.4, 0.5) is 4.79 Å². The molecule has 22 heavy (non-hydrogen) atoms. The molecule has 0 radical (unpaired) electrons. The van der Waals surface area contributed by atoms with Gasteiger partial charge in [0.15, 0.2) is 0 Å². The van der Waals surface area contributed by atoms with E-state index in [0.29, 0.717) is 25.4 Å². The average Bonchev–Trinajstić information content (AvgIpc) is 3.10. The third kappa shape index (κ3) is 4.48. The van der Waals surface area contributed by atoms with E-state index in [0.717, 1.165) is 18.6 Å². The first-order chi connectivity index (χ1) is 10.4. The van der Waals surface area contributed by atoms with Gasteiger partial charge in [0.25, 0.3) is 0 Å². The van der Waals surface area contributed by atoms with E-state index in [1.165, 1.54) is 9.21 Å². The number of sulfonamides is 1. The fraction of sp³-hybridized carbons (Fsp3) is 0.643. The summed E-state index contributed by atoms with van der Waals surface area (Å²) in [6.45, 7) is 3.48. The van der Waals surface area contributed by atoms with Crippen molar-refractivity contribution >= 4 is 16.1 Å². The molecule has 2 amide bonds. The van der Waals surface area contributed by atoms with Crippen LogP contribution in [-0.2, 0) is 16.6 Å². The highest BCUT2D eigenvalue weighted by atomic mass is 32.2. The van der Waals surface area contributed by atoms with E-state index in [1.54, 1.807) is 7.05 Å². The van der Waals surface area contributed by atoms with Crippen molar-refractivity contribution in [2.75, 3.05) is 32.4 Å². The topological polar surface area (TPSA) is 82.9 Å². The molecule has 0 unspecified atom stereocenters. The molecule has 2 rings (SSSR count). The first-order valence-electron chi connectivity index (χ1n) is 7.40. The molecule has 1 fully saturated rings. The molecular formula is C14H23N3O4S. The van der Waals surface area contributed by atoms with Crippen molar-refractivity contribution in [2.24, 2.45) is 0 Å². The van der Waals surface area contributed by atoms with E-state index in [9.17, 15) is 13.2 Å². The number of nitrogens with zero attached hydrogens (tertiary/aromatic N) is 2. The van der Waals surface area contributed by atoms with Crippen LogP contribution in [0.25, 0.3) is 0 Å². The highest BCUT2D eigenvalue weighted by Gasteiger charge is 2.25. The number of nitrogens with one attached hydrogen (secondary N) is 1. The Morgan fingerprint density at radius 3 is 2.64 bits per heavy atom. The van der Waals surface area contributed by atoms with Crippen molar-refractivity contribution in [3.63, 3.8) is 0 Å². The van der Waals surface area contributed by atoms with Crippen molar-refractivity contribution in [2.45, 2.75) is 26.3 Å². The molecule has 1 aromatic rings. The second-order valence-electron chi connectivity index (χ2n) is 5.52. The number of urea groups is 1. The molecule has 0 aliphatic carbocycles. The number of rotatable bonds is 6. The van der Waals surface area contributed by atoms with Gasteiger partial charge in [0.1, 0.15) is 11.5 Å². The molecule has 0 bridgehead atoms. The molecule has 0 aromatic carbocycles. The van der Waals surface area contributed by atoms with Gasteiger partial charge in [-0.25, -0.2) is 17.5 Å². The molecule has 8 heteroatoms. The Labute approximate surface area is 131 Å². The third-order valence-corrected chi connectivity index (χ3v) is 5.50. The van der Waals surface area contributed by atoms with E-state index in [4.69, 9.17) is 4.42 Å². The zero-order valence-corrected chi connectivity index (χ0v) is 13.9. The van der Waals surface area contributed by atoms with Crippen LogP contribution in [-0.4, -0.2) is 56.1 Å². The lowest BCUT2D eigenvalue weighted by atomic mass is 10.4. The zero-order chi connectivity index (χ0) is 16.2. The minimum Gasteiger partial charge on any atom is -0.464 e. The number of amides is 2. The van der Waals surface area contributed by atoms with Crippen LogP contribution in [0.15, 0.2) is 16.5 Å². The van der Waals surface area contributed by atoms with Crippen molar-refractivity contribution in [3.05, 3.63) is 23.7 Å². The number of aryl methyl sites for hydroxylation is 1. The summed E-state index contributed by atoms with van der Waals surface area (Å²) in [5.74, 6) is 1.42. The molecule has 1 aliphatic rings. The molecule has 0 saturated carbocycles. The number of hydrogen-bond acceptors (Lipinski definition) is 4. The summed E-state index contributed by atoms with van der Waals surface area (Å²) in [7, 11) is -1.61. The SMILES string of the molecule is Cc1ccc(CN(C)C(=O)NCCS(=O)(=O)N2CCCC2)o1. The average molecular weight is 329 g/mol. The molecule has 2 heterocycles. The first kappa shape index (κ1) is 16.8. The van der Waals surface area contributed by atoms with Crippen molar-refractivity contribution in [1.29, 1.82) is 0 Å². The Hall–Kier alpha value is -1.54. The van der Waals surface area contributed by atoms with Gasteiger partial charge in [-0.15, -0.1) is 0 Å². The molecule has 1 N–H and O–H groups in total. The molecule has 7 nitrogen and oxygen atoms in total. The number of hydrogen-bond donors (Lipinski definition) is 1. The second-order valence-corrected chi connectivity index (χ2v) is 7.61. The Balaban J connectivity index is 1.75. The molecule has 1 aliphatic heterocycles. The Morgan fingerprint density at radius 1 is 1.36 bits per heavy atom. The summed E-state index contributed by atoms with van der Waals surface area (Å²) in [5.41, 5.74) is 0. The summed E-state index contributed by atoms with van der Waals surface area (Å²) in [4.78, 5) is 13.4.